The van der Waals surface area contributed by atoms with Crippen molar-refractivity contribution in [3.05, 3.63) is 71.0 Å². The third-order valence-corrected chi connectivity index (χ3v) is 5.31. The topological polar surface area (TPSA) is 70.2 Å². The zero-order valence-electron chi connectivity index (χ0n) is 15.7. The van der Waals surface area contributed by atoms with Gasteiger partial charge in [0.2, 0.25) is 0 Å². The largest absolute Gasteiger partial charge is 0.495 e. The van der Waals surface area contributed by atoms with Crippen molar-refractivity contribution in [2.24, 2.45) is 0 Å². The van der Waals surface area contributed by atoms with Gasteiger partial charge in [0.05, 0.1) is 18.5 Å². The average Bonchev–Trinajstić information content (AvgIpc) is 3.16. The predicted octanol–water partition coefficient (Wildman–Crippen LogP) is 6.43. The second kappa shape index (κ2) is 8.47. The number of aromatic amines is 1. The minimum atomic E-state index is -0.493. The van der Waals surface area contributed by atoms with Crippen molar-refractivity contribution in [2.75, 3.05) is 16.7 Å². The summed E-state index contributed by atoms with van der Waals surface area (Å²) in [5, 5.41) is 4.61. The van der Waals surface area contributed by atoms with Crippen LogP contribution in [-0.2, 0) is 0 Å². The number of carbonyl (C=O) groups is 1. The van der Waals surface area contributed by atoms with Crippen LogP contribution >= 0.6 is 36.0 Å². The van der Waals surface area contributed by atoms with Crippen LogP contribution in [0.5, 0.6) is 5.75 Å². The Bertz CT molecular complexity index is 1190. The minimum Gasteiger partial charge on any atom is -0.495 e. The maximum absolute atomic E-state index is 12.8. The maximum Gasteiger partial charge on any atom is 0.336 e. The van der Waals surface area contributed by atoms with Crippen LogP contribution in [-0.4, -0.2) is 23.1 Å². The number of halogens is 2. The van der Waals surface area contributed by atoms with Crippen molar-refractivity contribution >= 4 is 64.3 Å². The molecule has 0 atom stereocenters. The number of H-pyrrole nitrogens is 1. The molecule has 0 unspecified atom stereocenters. The molecular formula is C21H16Cl2N4O2S. The first-order chi connectivity index (χ1) is 14.4. The molecule has 0 aliphatic rings. The van der Waals surface area contributed by atoms with Gasteiger partial charge in [0, 0.05) is 44.6 Å². The molecule has 2 N–H and O–H groups in total. The third kappa shape index (κ3) is 4.18. The molecule has 0 aliphatic heterocycles. The summed E-state index contributed by atoms with van der Waals surface area (Å²) in [7, 11) is 1.54. The molecule has 0 radical (unpaired) electrons. The van der Waals surface area contributed by atoms with Crippen LogP contribution in [0.15, 0.2) is 60.9 Å². The molecule has 2 heterocycles. The summed E-state index contributed by atoms with van der Waals surface area (Å²) in [6, 6.07) is 13.7. The van der Waals surface area contributed by atoms with Gasteiger partial charge in [-0.3, -0.25) is 4.98 Å². The number of benzene rings is 2. The van der Waals surface area contributed by atoms with Gasteiger partial charge in [-0.25, -0.2) is 9.10 Å². The lowest BCUT2D eigenvalue weighted by atomic mass is 10.1. The summed E-state index contributed by atoms with van der Waals surface area (Å²) in [5.74, 6) is 0.510. The van der Waals surface area contributed by atoms with Crippen LogP contribution in [0.1, 0.15) is 0 Å². The van der Waals surface area contributed by atoms with E-state index in [1.54, 1.807) is 36.7 Å². The van der Waals surface area contributed by atoms with Gasteiger partial charge in [-0.1, -0.05) is 36.0 Å². The smallest absolute Gasteiger partial charge is 0.336 e. The number of hydrogen-bond acceptors (Lipinski definition) is 4. The van der Waals surface area contributed by atoms with Crippen molar-refractivity contribution in [1.29, 1.82) is 0 Å². The number of methoxy groups -OCH3 is 1. The van der Waals surface area contributed by atoms with Crippen molar-refractivity contribution in [3.63, 3.8) is 0 Å². The fourth-order valence-electron chi connectivity index (χ4n) is 3.05. The van der Waals surface area contributed by atoms with Gasteiger partial charge in [-0.2, -0.15) is 0 Å². The Morgan fingerprint density at radius 2 is 1.90 bits per heavy atom. The zero-order chi connectivity index (χ0) is 21.3. The van der Waals surface area contributed by atoms with E-state index in [4.69, 9.17) is 27.9 Å². The van der Waals surface area contributed by atoms with E-state index in [0.29, 0.717) is 27.2 Å². The number of pyridine rings is 1. The van der Waals surface area contributed by atoms with Crippen molar-refractivity contribution in [2.45, 2.75) is 0 Å². The second-order valence-electron chi connectivity index (χ2n) is 6.43. The highest BCUT2D eigenvalue weighted by molar-refractivity contribution is 7.82. The van der Waals surface area contributed by atoms with Crippen LogP contribution in [0.4, 0.5) is 16.2 Å². The Morgan fingerprint density at radius 1 is 1.13 bits per heavy atom. The molecular weight excluding hydrogens is 443 g/mol. The zero-order valence-corrected chi connectivity index (χ0v) is 18.1. The SMILES string of the molecule is COc1ccc(-c2cc3cnccc3[nH]2)cc1NC(=O)N(S)c1cc(Cl)cc(Cl)c1. The molecule has 2 aromatic carbocycles. The highest BCUT2D eigenvalue weighted by Crippen LogP contribution is 2.33. The molecule has 0 spiro atoms. The Kier molecular flexibility index (Phi) is 5.76. The molecule has 0 saturated heterocycles. The standard InChI is InChI=1S/C21H16Cl2N4O2S/c1-29-20-3-2-12(18-7-13-11-24-5-4-17(13)25-18)6-19(20)26-21(28)27(30)16-9-14(22)8-15(23)10-16/h2-11,25,30H,1H3,(H,26,28). The first-order valence-corrected chi connectivity index (χ1v) is 9.97. The average molecular weight is 459 g/mol. The normalized spacial score (nSPS) is 10.8. The summed E-state index contributed by atoms with van der Waals surface area (Å²) in [5.41, 5.74) is 3.66. The van der Waals surface area contributed by atoms with Gasteiger partial charge in [0.1, 0.15) is 5.75 Å². The van der Waals surface area contributed by atoms with Crippen molar-refractivity contribution in [1.82, 2.24) is 9.97 Å². The van der Waals surface area contributed by atoms with E-state index >= 15 is 0 Å². The Morgan fingerprint density at radius 3 is 2.60 bits per heavy atom. The summed E-state index contributed by atoms with van der Waals surface area (Å²) >= 11 is 16.3. The summed E-state index contributed by atoms with van der Waals surface area (Å²) < 4.78 is 6.52. The van der Waals surface area contributed by atoms with E-state index in [1.807, 2.05) is 24.3 Å². The number of hydrogen-bond donors (Lipinski definition) is 3. The quantitative estimate of drug-likeness (QED) is 0.308. The number of nitrogens with zero attached hydrogens (tertiary/aromatic N) is 2. The number of urea groups is 1. The number of anilines is 2. The molecule has 0 aliphatic carbocycles. The van der Waals surface area contributed by atoms with Crippen LogP contribution in [0, 0.1) is 0 Å². The predicted molar refractivity (Wildman–Crippen MR) is 125 cm³/mol. The maximum atomic E-state index is 12.8. The highest BCUT2D eigenvalue weighted by atomic mass is 35.5. The number of carbonyl (C=O) groups excluding carboxylic acids is 1. The lowest BCUT2D eigenvalue weighted by molar-refractivity contribution is 0.260. The van der Waals surface area contributed by atoms with Gasteiger partial charge in [-0.05, 0) is 48.5 Å². The second-order valence-corrected chi connectivity index (χ2v) is 7.70. The first kappa shape index (κ1) is 20.4. The van der Waals surface area contributed by atoms with Crippen LogP contribution in [0.25, 0.3) is 22.2 Å². The molecule has 0 fully saturated rings. The van der Waals surface area contributed by atoms with E-state index in [0.717, 1.165) is 26.5 Å². The molecule has 2 aromatic heterocycles. The monoisotopic (exact) mass is 458 g/mol. The molecule has 4 rings (SSSR count). The molecule has 4 aromatic rings. The van der Waals surface area contributed by atoms with E-state index < -0.39 is 6.03 Å². The van der Waals surface area contributed by atoms with Gasteiger partial charge in [0.25, 0.3) is 0 Å². The van der Waals surface area contributed by atoms with E-state index in [-0.39, 0.29) is 0 Å². The molecule has 9 heteroatoms. The third-order valence-electron chi connectivity index (χ3n) is 4.46. The van der Waals surface area contributed by atoms with E-state index in [2.05, 4.69) is 28.1 Å². The lowest BCUT2D eigenvalue weighted by Gasteiger charge is -2.18. The molecule has 2 amide bonds. The fraction of sp³-hybridized carbons (Fsp3) is 0.0476. The number of thiol groups is 1. The minimum absolute atomic E-state index is 0.400. The number of amides is 2. The Hall–Kier alpha value is -2.87. The molecule has 0 bridgehead atoms. The van der Waals surface area contributed by atoms with E-state index in [9.17, 15) is 4.79 Å². The van der Waals surface area contributed by atoms with Gasteiger partial charge in [-0.15, -0.1) is 0 Å². The summed E-state index contributed by atoms with van der Waals surface area (Å²) in [4.78, 5) is 20.3. The fourth-order valence-corrected chi connectivity index (χ4v) is 3.73. The van der Waals surface area contributed by atoms with Crippen LogP contribution < -0.4 is 14.4 Å². The first-order valence-electron chi connectivity index (χ1n) is 8.82. The van der Waals surface area contributed by atoms with Gasteiger partial charge < -0.3 is 15.0 Å². The van der Waals surface area contributed by atoms with E-state index in [1.165, 1.54) is 7.11 Å². The lowest BCUT2D eigenvalue weighted by Crippen LogP contribution is -2.27. The number of rotatable bonds is 4. The summed E-state index contributed by atoms with van der Waals surface area (Å²) in [6.07, 6.45) is 3.52. The van der Waals surface area contributed by atoms with Gasteiger partial charge >= 0.3 is 6.03 Å². The van der Waals surface area contributed by atoms with Crippen LogP contribution in [0.2, 0.25) is 10.0 Å². The molecule has 6 nitrogen and oxygen atoms in total. The molecule has 0 saturated carbocycles. The highest BCUT2D eigenvalue weighted by Gasteiger charge is 2.17. The Balaban J connectivity index is 1.64. The molecule has 30 heavy (non-hydrogen) atoms. The van der Waals surface area contributed by atoms with Crippen LogP contribution in [0.3, 0.4) is 0 Å². The Labute approximate surface area is 188 Å². The molecule has 152 valence electrons. The van der Waals surface area contributed by atoms with Crippen molar-refractivity contribution in [3.8, 4) is 17.0 Å². The number of ether oxygens (including phenoxy) is 1. The van der Waals surface area contributed by atoms with Gasteiger partial charge in [0.15, 0.2) is 0 Å². The summed E-state index contributed by atoms with van der Waals surface area (Å²) in [6.45, 7) is 0. The number of nitrogens with one attached hydrogen (secondary N) is 2. The number of fused-ring (bicyclic) bond motifs is 1. The van der Waals surface area contributed by atoms with Crippen molar-refractivity contribution < 1.29 is 9.53 Å². The number of aromatic nitrogens is 2.